The third-order valence-electron chi connectivity index (χ3n) is 11.2. The Hall–Kier alpha value is -4.44. The molecule has 6 aromatic heterocycles. The fraction of sp³-hybridized carbons (Fsp3) is 0.516. The van der Waals surface area contributed by atoms with Crippen LogP contribution >= 0.6 is 38.4 Å². The van der Waals surface area contributed by atoms with Crippen LogP contribution in [0.2, 0.25) is 0 Å². The van der Waals surface area contributed by atoms with Crippen LogP contribution in [0.5, 0.6) is 0 Å². The predicted octanol–water partition coefficient (Wildman–Crippen LogP) is -0.678. The molecule has 14 N–H and O–H groups in total. The first-order chi connectivity index (χ1) is 33.8. The van der Waals surface area contributed by atoms with E-state index in [0.29, 0.717) is 0 Å². The molecule has 41 heteroatoms. The first-order valence-corrected chi connectivity index (χ1v) is 28.5. The first kappa shape index (κ1) is 52.4. The molecule has 0 amide bonds. The van der Waals surface area contributed by atoms with E-state index in [4.69, 9.17) is 45.0 Å². The summed E-state index contributed by atoms with van der Waals surface area (Å²) < 4.78 is 113. The molecule has 0 saturated carbocycles. The van der Waals surface area contributed by atoms with Crippen molar-refractivity contribution in [2.45, 2.75) is 79.7 Å². The summed E-state index contributed by atoms with van der Waals surface area (Å²) in [5, 5.41) is 28.3. The zero-order valence-electron chi connectivity index (χ0n) is 36.2. The molecule has 0 radical (unpaired) electrons. The maximum Gasteiger partial charge on any atom is 0.479 e. The van der Waals surface area contributed by atoms with Gasteiger partial charge in [0.1, 0.15) is 72.5 Å². The second-order valence-electron chi connectivity index (χ2n) is 16.1. The number of anilines is 3. The van der Waals surface area contributed by atoms with Crippen LogP contribution in [0.4, 0.5) is 17.5 Å². The number of aliphatic hydroxyl groups is 3. The summed E-state index contributed by atoms with van der Waals surface area (Å²) in [6.07, 6.45) is -5.92. The zero-order chi connectivity index (χ0) is 51.7. The van der Waals surface area contributed by atoms with Gasteiger partial charge in [0, 0.05) is 19.3 Å². The van der Waals surface area contributed by atoms with Crippen LogP contribution in [0.15, 0.2) is 38.0 Å². The number of phosphoric ester groups is 2. The minimum absolute atomic E-state index is 0.00845. The number of nitrogens with two attached hydrogens (primary N) is 3. The van der Waals surface area contributed by atoms with Crippen LogP contribution in [0.1, 0.15) is 37.9 Å². The van der Waals surface area contributed by atoms with Crippen molar-refractivity contribution in [1.29, 1.82) is 0 Å². The molecule has 6 aromatic rings. The Morgan fingerprint density at radius 2 is 0.806 bits per heavy atom. The van der Waals surface area contributed by atoms with Crippen molar-refractivity contribution in [3.8, 4) is 0 Å². The number of aromatic nitrogens is 12. The van der Waals surface area contributed by atoms with Crippen molar-refractivity contribution in [3.63, 3.8) is 0 Å². The number of fused-ring (bicyclic) bond motifs is 3. The molecule has 72 heavy (non-hydrogen) atoms. The third-order valence-corrected chi connectivity index (χ3v) is 23.2. The van der Waals surface area contributed by atoms with E-state index in [1.165, 1.54) is 32.7 Å². The van der Waals surface area contributed by atoms with Crippen LogP contribution in [-0.4, -0.2) is 160 Å². The van der Waals surface area contributed by atoms with Gasteiger partial charge in [-0.2, -0.15) is 0 Å². The first-order valence-electron chi connectivity index (χ1n) is 20.6. The summed E-state index contributed by atoms with van der Waals surface area (Å²) in [6.45, 7) is -3.48. The fourth-order valence-electron chi connectivity index (χ4n) is 7.91. The standard InChI is InChI=1S/C31H42N15O21P5/c32-25-22-28(38-7-35-25)44(10-41-22)19-1-13(47)16(63-19)4-60-68(50,51)31(69(52,53)66-71(56,57)61-5-17-14(48)2-20(64-17)45-11-42-23-26(33)36-8-39-29(23)45)70(54,55)67-72(58,59)62-6-18-15(49)3-21(65-18)46-12-43-24-27(34)37-9-40-30(24)46/h7-21,31,47-49H,1-6H2,(H,50,51)(H,52,53)(H,54,55)(H,56,57)(H,58,59)(H2,32,35,38)(H2,33,36,39)(H2,34,37,40)/t13-,14-,15-,16+,17+,18+,19+,20+,21+/m0/s1. The van der Waals surface area contributed by atoms with Crippen molar-refractivity contribution < 1.29 is 99.0 Å². The molecule has 0 bridgehead atoms. The van der Waals surface area contributed by atoms with E-state index in [2.05, 4.69) is 53.5 Å². The number of rotatable bonds is 19. The van der Waals surface area contributed by atoms with E-state index < -0.39 is 119 Å². The van der Waals surface area contributed by atoms with Gasteiger partial charge in [-0.3, -0.25) is 36.4 Å². The van der Waals surface area contributed by atoms with Gasteiger partial charge in [-0.1, -0.05) is 0 Å². The summed E-state index contributed by atoms with van der Waals surface area (Å²) in [4.78, 5) is 90.9. The van der Waals surface area contributed by atoms with Gasteiger partial charge in [0.15, 0.2) is 34.4 Å². The van der Waals surface area contributed by atoms with Gasteiger partial charge in [0.2, 0.25) is 0 Å². The van der Waals surface area contributed by atoms with Crippen LogP contribution in [0.25, 0.3) is 33.5 Å². The monoisotopic (exact) mass is 1120 g/mol. The number of aliphatic hydroxyl groups excluding tert-OH is 3. The highest BCUT2D eigenvalue weighted by molar-refractivity contribution is 7.90. The molecule has 3 fully saturated rings. The summed E-state index contributed by atoms with van der Waals surface area (Å²) in [6, 6.07) is 0. The highest BCUT2D eigenvalue weighted by Crippen LogP contribution is 2.84. The van der Waals surface area contributed by atoms with Crippen molar-refractivity contribution in [1.82, 2.24) is 58.6 Å². The number of nitrogens with zero attached hydrogens (tertiary/aromatic N) is 12. The van der Waals surface area contributed by atoms with E-state index in [-0.39, 0.29) is 70.2 Å². The van der Waals surface area contributed by atoms with Gasteiger partial charge >= 0.3 is 38.4 Å². The molecule has 36 nitrogen and oxygen atoms in total. The number of hydrogen-bond acceptors (Lipinski definition) is 28. The average molecular weight is 1120 g/mol. The molecule has 3 saturated heterocycles. The molecular formula is C31H42N15O21P5. The lowest BCUT2D eigenvalue weighted by atomic mass is 10.2. The molecule has 0 aromatic carbocycles. The lowest BCUT2D eigenvalue weighted by Gasteiger charge is -2.30. The maximum atomic E-state index is 14.1. The predicted molar refractivity (Wildman–Crippen MR) is 236 cm³/mol. The average Bonchev–Trinajstić information content (AvgIpc) is 4.14. The topological polar surface area (TPSA) is 530 Å². The third kappa shape index (κ3) is 10.6. The normalized spacial score (nSPS) is 29.5. The molecule has 9 rings (SSSR count). The summed E-state index contributed by atoms with van der Waals surface area (Å²) in [7, 11) is -32.2. The number of ether oxygens (including phenoxy) is 3. The summed E-state index contributed by atoms with van der Waals surface area (Å²) in [5.41, 5.74) is 18.5. The van der Waals surface area contributed by atoms with Gasteiger partial charge in [-0.25, -0.2) is 62.6 Å². The Morgan fingerprint density at radius 3 is 1.12 bits per heavy atom. The lowest BCUT2D eigenvalue weighted by molar-refractivity contribution is -0.0422. The van der Waals surface area contributed by atoms with E-state index in [1.807, 2.05) is 0 Å². The largest absolute Gasteiger partial charge is 0.479 e. The van der Waals surface area contributed by atoms with E-state index in [1.54, 1.807) is 0 Å². The minimum Gasteiger partial charge on any atom is -0.390 e. The van der Waals surface area contributed by atoms with Crippen molar-refractivity contribution in [3.05, 3.63) is 38.0 Å². The Balaban J connectivity index is 0.909. The quantitative estimate of drug-likeness (QED) is 0.0448. The van der Waals surface area contributed by atoms with E-state index in [9.17, 15) is 62.6 Å². The highest BCUT2D eigenvalue weighted by atomic mass is 31.3. The van der Waals surface area contributed by atoms with Crippen LogP contribution in [0.3, 0.4) is 0 Å². The molecule has 5 unspecified atom stereocenters. The molecule has 0 aliphatic carbocycles. The van der Waals surface area contributed by atoms with Crippen LogP contribution in [-0.2, 0) is 59.2 Å². The van der Waals surface area contributed by atoms with Crippen molar-refractivity contribution in [2.24, 2.45) is 0 Å². The minimum atomic E-state index is -6.76. The zero-order valence-corrected chi connectivity index (χ0v) is 40.7. The van der Waals surface area contributed by atoms with Crippen LogP contribution < -0.4 is 17.2 Å². The molecular weight excluding hydrogens is 1070 g/mol. The Labute approximate surface area is 400 Å². The van der Waals surface area contributed by atoms with Gasteiger partial charge < -0.3 is 75.7 Å². The van der Waals surface area contributed by atoms with Gasteiger partial charge in [-0.15, -0.1) is 0 Å². The number of phosphoric acid groups is 2. The smallest absolute Gasteiger partial charge is 0.390 e. The van der Waals surface area contributed by atoms with E-state index in [0.717, 1.165) is 19.0 Å². The van der Waals surface area contributed by atoms with Crippen molar-refractivity contribution >= 4 is 89.4 Å². The van der Waals surface area contributed by atoms with Crippen molar-refractivity contribution in [2.75, 3.05) is 37.0 Å². The second-order valence-corrected chi connectivity index (χ2v) is 26.2. The van der Waals surface area contributed by atoms with Gasteiger partial charge in [0.05, 0.1) is 57.1 Å². The molecule has 9 heterocycles. The maximum absolute atomic E-state index is 14.1. The van der Waals surface area contributed by atoms with Crippen LogP contribution in [0, 0.1) is 0 Å². The number of nitrogen functional groups attached to an aromatic ring is 3. The second kappa shape index (κ2) is 19.7. The Morgan fingerprint density at radius 1 is 0.500 bits per heavy atom. The lowest BCUT2D eigenvalue weighted by Crippen LogP contribution is -2.27. The van der Waals surface area contributed by atoms with Gasteiger partial charge in [0.25, 0.3) is 5.14 Å². The fourth-order valence-corrected chi connectivity index (χ4v) is 18.8. The Bertz CT molecular complexity index is 3110. The molecule has 3 aliphatic rings. The molecule has 0 spiro atoms. The van der Waals surface area contributed by atoms with Gasteiger partial charge in [-0.05, 0) is 0 Å². The SMILES string of the molecule is Nc1ncnc2c1ncn2[C@H]1C[C@H](O)[C@@H](COP(=O)(O)OP(=O)(O)C(P(=O)(O)OC[C@H]2O[C@@H](n3cnc4c(N)ncnc43)C[C@@H]2O)P(=O)(O)OP(=O)(O)OC[C@H]2O[C@@H](n3cnc4c(N)ncnc43)C[C@@H]2O)O1. The molecule has 392 valence electrons. The highest BCUT2D eigenvalue weighted by Gasteiger charge is 2.64. The summed E-state index contributed by atoms with van der Waals surface area (Å²) >= 11 is 0. The summed E-state index contributed by atoms with van der Waals surface area (Å²) in [5.74, 6) is 0.0250. The van der Waals surface area contributed by atoms with E-state index >= 15 is 0 Å². The number of hydrogen-bond donors (Lipinski definition) is 11. The number of imidazole rings is 3. The Kier molecular flexibility index (Phi) is 14.3. The molecule has 14 atom stereocenters. The molecule has 3 aliphatic heterocycles.